The van der Waals surface area contributed by atoms with Crippen molar-refractivity contribution in [1.82, 2.24) is 4.31 Å². The van der Waals surface area contributed by atoms with Gasteiger partial charge in [-0.3, -0.25) is 14.8 Å². The average molecular weight is 488 g/mol. The first kappa shape index (κ1) is 25.4. The molecule has 2 aromatic carbocycles. The Balaban J connectivity index is 2.59. The number of aromatic hydroxyl groups is 1. The van der Waals surface area contributed by atoms with E-state index in [2.05, 4.69) is 4.72 Å². The van der Waals surface area contributed by atoms with Crippen LogP contribution >= 0.6 is 0 Å². The lowest BCUT2D eigenvalue weighted by Crippen LogP contribution is -2.30. The van der Waals surface area contributed by atoms with Crippen molar-refractivity contribution in [3.63, 3.8) is 0 Å². The van der Waals surface area contributed by atoms with Crippen LogP contribution in [0.15, 0.2) is 46.2 Å². The van der Waals surface area contributed by atoms with Gasteiger partial charge in [-0.05, 0) is 44.2 Å². The molecule has 176 valence electrons. The summed E-state index contributed by atoms with van der Waals surface area (Å²) in [6, 6.07) is 6.38. The average Bonchev–Trinajstić information content (AvgIpc) is 2.69. The largest absolute Gasteiger partial charge is 0.502 e. The van der Waals surface area contributed by atoms with Gasteiger partial charge in [0.15, 0.2) is 5.75 Å². The van der Waals surface area contributed by atoms with Gasteiger partial charge in [0, 0.05) is 19.2 Å². The third-order valence-electron chi connectivity index (χ3n) is 4.36. The molecule has 0 spiro atoms. The van der Waals surface area contributed by atoms with Crippen molar-refractivity contribution >= 4 is 31.4 Å². The Kier molecular flexibility index (Phi) is 7.70. The summed E-state index contributed by atoms with van der Waals surface area (Å²) < 4.78 is 60.6. The van der Waals surface area contributed by atoms with E-state index < -0.39 is 41.3 Å². The van der Waals surface area contributed by atoms with E-state index in [9.17, 15) is 32.1 Å². The molecule has 0 amide bonds. The van der Waals surface area contributed by atoms with Gasteiger partial charge in [-0.25, -0.2) is 16.8 Å². The number of benzene rings is 2. The summed E-state index contributed by atoms with van der Waals surface area (Å²) >= 11 is 0. The fourth-order valence-electron chi connectivity index (χ4n) is 2.84. The number of sulfonamides is 2. The molecule has 0 fully saturated rings. The monoisotopic (exact) mass is 487 g/mol. The summed E-state index contributed by atoms with van der Waals surface area (Å²) in [6.45, 7) is 7.23. The Morgan fingerprint density at radius 1 is 1.06 bits per heavy atom. The van der Waals surface area contributed by atoms with E-state index in [4.69, 9.17) is 4.74 Å². The van der Waals surface area contributed by atoms with Gasteiger partial charge in [0.2, 0.25) is 10.0 Å². The highest BCUT2D eigenvalue weighted by Gasteiger charge is 2.26. The Morgan fingerprint density at radius 3 is 2.19 bits per heavy atom. The Bertz CT molecular complexity index is 1210. The lowest BCUT2D eigenvalue weighted by molar-refractivity contribution is -0.386. The van der Waals surface area contributed by atoms with Gasteiger partial charge in [-0.2, -0.15) is 4.31 Å². The van der Waals surface area contributed by atoms with Crippen molar-refractivity contribution < 1.29 is 31.6 Å². The molecule has 2 rings (SSSR count). The van der Waals surface area contributed by atoms with E-state index in [-0.39, 0.29) is 35.5 Å². The number of nitro groups is 1. The molecule has 0 radical (unpaired) electrons. The highest BCUT2D eigenvalue weighted by molar-refractivity contribution is 7.92. The molecule has 0 aliphatic rings. The fourth-order valence-corrected chi connectivity index (χ4v) is 5.40. The van der Waals surface area contributed by atoms with E-state index in [0.29, 0.717) is 6.07 Å². The quantitative estimate of drug-likeness (QED) is 0.383. The van der Waals surface area contributed by atoms with Crippen molar-refractivity contribution in [3.05, 3.63) is 46.5 Å². The minimum absolute atomic E-state index is 0.0790. The third kappa shape index (κ3) is 5.47. The second kappa shape index (κ2) is 9.71. The number of anilines is 1. The van der Waals surface area contributed by atoms with Gasteiger partial charge in [0.25, 0.3) is 10.0 Å². The van der Waals surface area contributed by atoms with E-state index in [1.165, 1.54) is 16.4 Å². The molecule has 0 aliphatic heterocycles. The maximum absolute atomic E-state index is 12.9. The second-order valence-corrected chi connectivity index (χ2v) is 10.5. The van der Waals surface area contributed by atoms with Crippen LogP contribution < -0.4 is 9.46 Å². The van der Waals surface area contributed by atoms with Crippen molar-refractivity contribution in [2.45, 2.75) is 43.6 Å². The van der Waals surface area contributed by atoms with Crippen LogP contribution in [0.4, 0.5) is 11.4 Å². The molecule has 2 aromatic rings. The SMILES string of the molecule is CCN(CC)S(=O)(=O)c1ccc(OC(C)C)c(NS(=O)(=O)c2ccc(O)c([N+](=O)[O-])c2)c1. The first-order valence-corrected chi connectivity index (χ1v) is 12.6. The van der Waals surface area contributed by atoms with Gasteiger partial charge in [-0.1, -0.05) is 13.8 Å². The number of hydrogen-bond acceptors (Lipinski definition) is 8. The molecule has 32 heavy (non-hydrogen) atoms. The van der Waals surface area contributed by atoms with Gasteiger partial charge in [0.05, 0.1) is 26.5 Å². The van der Waals surface area contributed by atoms with Crippen LogP contribution in [0.5, 0.6) is 11.5 Å². The number of nitro benzene ring substituents is 1. The number of hydrogen-bond donors (Lipinski definition) is 2. The molecule has 0 aromatic heterocycles. The number of nitrogens with zero attached hydrogens (tertiary/aromatic N) is 2. The second-order valence-electron chi connectivity index (χ2n) is 6.93. The Morgan fingerprint density at radius 2 is 1.66 bits per heavy atom. The smallest absolute Gasteiger partial charge is 0.312 e. The Labute approximate surface area is 186 Å². The van der Waals surface area contributed by atoms with Crippen LogP contribution in [0.25, 0.3) is 0 Å². The van der Waals surface area contributed by atoms with E-state index in [1.807, 2.05) is 0 Å². The van der Waals surface area contributed by atoms with Crippen LogP contribution in [-0.2, 0) is 20.0 Å². The minimum atomic E-state index is -4.39. The zero-order chi connectivity index (χ0) is 24.3. The Hall–Kier alpha value is -2.90. The zero-order valence-corrected chi connectivity index (χ0v) is 19.6. The molecule has 0 bridgehead atoms. The topological polar surface area (TPSA) is 156 Å². The van der Waals surface area contributed by atoms with Crippen LogP contribution in [0.2, 0.25) is 0 Å². The van der Waals surface area contributed by atoms with Gasteiger partial charge in [-0.15, -0.1) is 0 Å². The highest BCUT2D eigenvalue weighted by atomic mass is 32.2. The molecular weight excluding hydrogens is 462 g/mol. The minimum Gasteiger partial charge on any atom is -0.502 e. The molecule has 0 atom stereocenters. The molecule has 0 saturated heterocycles. The van der Waals surface area contributed by atoms with Crippen LogP contribution in [0, 0.1) is 10.1 Å². The molecular formula is C19H25N3O8S2. The number of phenols is 1. The number of rotatable bonds is 10. The van der Waals surface area contributed by atoms with Crippen molar-refractivity contribution in [1.29, 1.82) is 0 Å². The summed E-state index contributed by atoms with van der Waals surface area (Å²) in [6.07, 6.45) is -0.349. The maximum Gasteiger partial charge on any atom is 0.312 e. The summed E-state index contributed by atoms with van der Waals surface area (Å²) in [5.41, 5.74) is -0.938. The van der Waals surface area contributed by atoms with Crippen LogP contribution in [0.1, 0.15) is 27.7 Å². The van der Waals surface area contributed by atoms with Crippen LogP contribution in [-0.4, -0.2) is 50.4 Å². The fraction of sp³-hybridized carbons (Fsp3) is 0.368. The number of ether oxygens (including phenoxy) is 1. The number of phenolic OH excluding ortho intramolecular Hbond substituents is 1. The molecule has 2 N–H and O–H groups in total. The third-order valence-corrected chi connectivity index (χ3v) is 7.76. The highest BCUT2D eigenvalue weighted by Crippen LogP contribution is 2.33. The predicted molar refractivity (Wildman–Crippen MR) is 118 cm³/mol. The van der Waals surface area contributed by atoms with Gasteiger partial charge >= 0.3 is 5.69 Å². The molecule has 13 heteroatoms. The van der Waals surface area contributed by atoms with E-state index in [0.717, 1.165) is 18.2 Å². The first-order chi connectivity index (χ1) is 14.8. The van der Waals surface area contributed by atoms with Crippen molar-refractivity contribution in [2.75, 3.05) is 17.8 Å². The molecule has 11 nitrogen and oxygen atoms in total. The molecule has 0 unspecified atom stereocenters. The normalized spacial score (nSPS) is 12.2. The van der Waals surface area contributed by atoms with Crippen LogP contribution in [0.3, 0.4) is 0 Å². The molecule has 0 saturated carbocycles. The predicted octanol–water partition coefficient (Wildman–Crippen LogP) is 2.92. The van der Waals surface area contributed by atoms with Crippen molar-refractivity contribution in [2.24, 2.45) is 0 Å². The zero-order valence-electron chi connectivity index (χ0n) is 18.0. The lowest BCUT2D eigenvalue weighted by Gasteiger charge is -2.21. The maximum atomic E-state index is 12.9. The molecule has 0 heterocycles. The standard InChI is InChI=1S/C19H25N3O8S2/c1-5-21(6-2)32(28,29)15-8-10-19(30-13(3)4)16(11-15)20-31(26,27)14-7-9-18(23)17(12-14)22(24)25/h7-13,20,23H,5-6H2,1-4H3. The summed E-state index contributed by atoms with van der Waals surface area (Å²) in [5.74, 6) is -0.611. The summed E-state index contributed by atoms with van der Waals surface area (Å²) in [7, 11) is -8.28. The summed E-state index contributed by atoms with van der Waals surface area (Å²) in [4.78, 5) is 9.49. The van der Waals surface area contributed by atoms with Gasteiger partial charge < -0.3 is 9.84 Å². The van der Waals surface area contributed by atoms with Gasteiger partial charge in [0.1, 0.15) is 5.75 Å². The number of nitrogens with one attached hydrogen (secondary N) is 1. The van der Waals surface area contributed by atoms with E-state index in [1.54, 1.807) is 27.7 Å². The first-order valence-electron chi connectivity index (χ1n) is 9.64. The summed E-state index contributed by atoms with van der Waals surface area (Å²) in [5, 5.41) is 20.6. The lowest BCUT2D eigenvalue weighted by atomic mass is 10.3. The molecule has 0 aliphatic carbocycles. The van der Waals surface area contributed by atoms with Crippen molar-refractivity contribution in [3.8, 4) is 11.5 Å². The van der Waals surface area contributed by atoms with E-state index >= 15 is 0 Å².